The molecule has 12 heteroatoms. The first-order chi connectivity index (χ1) is 20.2. The molecule has 1 N–H and O–H groups in total. The maximum Gasteiger partial charge on any atom is 0.277 e. The van der Waals surface area contributed by atoms with Crippen molar-refractivity contribution in [3.05, 3.63) is 68.2 Å². The molecule has 0 saturated heterocycles. The summed E-state index contributed by atoms with van der Waals surface area (Å²) < 4.78 is 46.9. The Labute approximate surface area is 246 Å². The van der Waals surface area contributed by atoms with Crippen LogP contribution in [-0.4, -0.2) is 66.7 Å². The molecule has 2 aromatic heterocycles. The Bertz CT molecular complexity index is 1700. The second kappa shape index (κ2) is 12.3. The number of hydrogen-bond acceptors (Lipinski definition) is 8. The molecule has 2 aliphatic carbocycles. The van der Waals surface area contributed by atoms with Crippen LogP contribution in [0.5, 0.6) is 11.5 Å². The maximum absolute atomic E-state index is 13.8. The first-order valence-electron chi connectivity index (χ1n) is 14.5. The molecule has 0 atom stereocenters. The molecule has 2 heterocycles. The Morgan fingerprint density at radius 3 is 2.48 bits per heavy atom. The van der Waals surface area contributed by atoms with Crippen molar-refractivity contribution in [1.29, 1.82) is 0 Å². The number of H-pyrrole nitrogens is 1. The van der Waals surface area contributed by atoms with Gasteiger partial charge in [-0.2, -0.15) is 0 Å². The van der Waals surface area contributed by atoms with E-state index in [4.69, 9.17) is 24.3 Å². The van der Waals surface area contributed by atoms with Crippen LogP contribution in [0.4, 0.5) is 0 Å². The third kappa shape index (κ3) is 5.57. The quantitative estimate of drug-likeness (QED) is 0.324. The number of nitrogens with zero attached hydrogens (tertiary/aromatic N) is 4. The molecule has 0 aliphatic heterocycles. The van der Waals surface area contributed by atoms with E-state index < -0.39 is 10.0 Å². The number of aryl methyl sites for hydroxylation is 1. The van der Waals surface area contributed by atoms with Crippen LogP contribution >= 0.6 is 0 Å². The SMILES string of the molecule is CCOC1=C(c2nn3c(C4CCCCCC4)nc(C)c3c(=O)[nH]2)C(S(=O)(=O)N(C)CCc2ccc(OC)c(OC)c2)=C1. The zero-order chi connectivity index (χ0) is 30.0. The van der Waals surface area contributed by atoms with Crippen molar-refractivity contribution >= 4 is 21.1 Å². The summed E-state index contributed by atoms with van der Waals surface area (Å²) in [6.45, 7) is 4.19. The average Bonchev–Trinajstić information content (AvgIpc) is 3.11. The molecule has 5 rings (SSSR count). The van der Waals surface area contributed by atoms with Crippen molar-refractivity contribution in [3.63, 3.8) is 0 Å². The van der Waals surface area contributed by atoms with E-state index in [9.17, 15) is 13.2 Å². The van der Waals surface area contributed by atoms with Crippen molar-refractivity contribution in [3.8, 4) is 11.5 Å². The number of aromatic amines is 1. The smallest absolute Gasteiger partial charge is 0.277 e. The Balaban J connectivity index is 1.45. The minimum Gasteiger partial charge on any atom is -0.493 e. The van der Waals surface area contributed by atoms with Crippen LogP contribution in [0.15, 0.2) is 39.7 Å². The van der Waals surface area contributed by atoms with Crippen LogP contribution in [0.25, 0.3) is 11.1 Å². The zero-order valence-electron chi connectivity index (χ0n) is 24.9. The maximum atomic E-state index is 13.8. The fourth-order valence-electron chi connectivity index (χ4n) is 5.73. The fourth-order valence-corrected chi connectivity index (χ4v) is 7.11. The van der Waals surface area contributed by atoms with Gasteiger partial charge >= 0.3 is 0 Å². The van der Waals surface area contributed by atoms with Gasteiger partial charge in [0.1, 0.15) is 16.5 Å². The van der Waals surface area contributed by atoms with E-state index in [0.717, 1.165) is 37.1 Å². The topological polar surface area (TPSA) is 128 Å². The summed E-state index contributed by atoms with van der Waals surface area (Å²) in [5.41, 5.74) is 1.81. The summed E-state index contributed by atoms with van der Waals surface area (Å²) in [5.74, 6) is 2.66. The highest BCUT2D eigenvalue weighted by atomic mass is 32.2. The van der Waals surface area contributed by atoms with Crippen LogP contribution in [-0.2, 0) is 21.2 Å². The van der Waals surface area contributed by atoms with Crippen LogP contribution in [0.2, 0.25) is 0 Å². The molecule has 3 aromatic rings. The standard InChI is InChI=1S/C30H39N5O6S/c1-6-41-24-18-25(42(37,38)34(3)16-15-20-13-14-22(39-4)23(17-20)40-5)26(24)28-32-30(36)27-19(2)31-29(35(27)33-28)21-11-9-7-8-10-12-21/h13-14,17-18,21H,6-12,15-16H2,1-5H3,(H,32,33,36). The monoisotopic (exact) mass is 597 g/mol. The lowest BCUT2D eigenvalue weighted by molar-refractivity contribution is 0.241. The van der Waals surface area contributed by atoms with Gasteiger partial charge in [-0.25, -0.2) is 22.2 Å². The molecule has 0 amide bonds. The molecule has 1 fully saturated rings. The molecule has 0 spiro atoms. The third-order valence-corrected chi connectivity index (χ3v) is 9.95. The number of nitrogens with one attached hydrogen (secondary N) is 1. The number of likely N-dealkylation sites (N-methyl/N-ethyl adjacent to an activating group) is 1. The van der Waals surface area contributed by atoms with Gasteiger partial charge in [0.2, 0.25) is 10.0 Å². The van der Waals surface area contributed by atoms with Gasteiger partial charge in [0.25, 0.3) is 5.56 Å². The van der Waals surface area contributed by atoms with E-state index in [2.05, 4.69) is 4.98 Å². The van der Waals surface area contributed by atoms with E-state index in [1.54, 1.807) is 24.8 Å². The Morgan fingerprint density at radius 2 is 1.81 bits per heavy atom. The second-order valence-corrected chi connectivity index (χ2v) is 12.8. The molecule has 11 nitrogen and oxygen atoms in total. The molecule has 0 bridgehead atoms. The number of sulfonamides is 1. The molecule has 2 aliphatic rings. The first-order valence-corrected chi connectivity index (χ1v) is 15.9. The van der Waals surface area contributed by atoms with Crippen molar-refractivity contribution in [2.45, 2.75) is 64.7 Å². The molecule has 226 valence electrons. The summed E-state index contributed by atoms with van der Waals surface area (Å²) in [6.07, 6.45) is 8.52. The van der Waals surface area contributed by atoms with Gasteiger partial charge < -0.3 is 19.2 Å². The Morgan fingerprint density at radius 1 is 1.10 bits per heavy atom. The van der Waals surface area contributed by atoms with Crippen molar-refractivity contribution in [2.24, 2.45) is 0 Å². The molecular formula is C30H39N5O6S. The zero-order valence-corrected chi connectivity index (χ0v) is 25.7. The average molecular weight is 598 g/mol. The third-order valence-electron chi connectivity index (χ3n) is 8.06. The lowest BCUT2D eigenvalue weighted by Gasteiger charge is -2.27. The number of hydrogen-bond donors (Lipinski definition) is 1. The summed E-state index contributed by atoms with van der Waals surface area (Å²) >= 11 is 0. The van der Waals surface area contributed by atoms with E-state index in [1.807, 2.05) is 26.0 Å². The predicted octanol–water partition coefficient (Wildman–Crippen LogP) is 4.33. The number of ether oxygens (including phenoxy) is 3. The number of aromatic nitrogens is 4. The number of fused-ring (bicyclic) bond motifs is 1. The van der Waals surface area contributed by atoms with Gasteiger partial charge in [-0.1, -0.05) is 31.7 Å². The van der Waals surface area contributed by atoms with Crippen molar-refractivity contribution in [2.75, 3.05) is 34.4 Å². The van der Waals surface area contributed by atoms with Gasteiger partial charge in [0.15, 0.2) is 22.8 Å². The number of imidazole rings is 1. The Kier molecular flexibility index (Phi) is 8.74. The van der Waals surface area contributed by atoms with E-state index in [1.165, 1.54) is 30.3 Å². The minimum absolute atomic E-state index is 0.0520. The largest absolute Gasteiger partial charge is 0.493 e. The van der Waals surface area contributed by atoms with Crippen molar-refractivity contribution in [1.82, 2.24) is 23.9 Å². The molecule has 42 heavy (non-hydrogen) atoms. The van der Waals surface area contributed by atoms with E-state index in [0.29, 0.717) is 41.5 Å². The van der Waals surface area contributed by atoms with Crippen LogP contribution in [0.1, 0.15) is 74.3 Å². The molecule has 0 unspecified atom stereocenters. The van der Waals surface area contributed by atoms with E-state index >= 15 is 0 Å². The highest BCUT2D eigenvalue weighted by Gasteiger charge is 2.37. The highest BCUT2D eigenvalue weighted by molar-refractivity contribution is 7.93. The number of benzene rings is 1. The van der Waals surface area contributed by atoms with Crippen LogP contribution in [0.3, 0.4) is 0 Å². The highest BCUT2D eigenvalue weighted by Crippen LogP contribution is 2.40. The number of rotatable bonds is 11. The number of allylic oxidation sites excluding steroid dienone is 2. The van der Waals surface area contributed by atoms with Gasteiger partial charge in [-0.15, -0.1) is 5.10 Å². The number of methoxy groups -OCH3 is 2. The second-order valence-electron chi connectivity index (χ2n) is 10.8. The summed E-state index contributed by atoms with van der Waals surface area (Å²) in [5, 5.41) is 4.78. The molecular weight excluding hydrogens is 558 g/mol. The fraction of sp³-hybridized carbons (Fsp3) is 0.500. The lowest BCUT2D eigenvalue weighted by Crippen LogP contribution is -2.33. The molecule has 0 radical (unpaired) electrons. The van der Waals surface area contributed by atoms with Gasteiger partial charge in [-0.05, 0) is 50.8 Å². The summed E-state index contributed by atoms with van der Waals surface area (Å²) in [4.78, 5) is 21.0. The van der Waals surface area contributed by atoms with Gasteiger partial charge in [0, 0.05) is 25.6 Å². The normalized spacial score (nSPS) is 16.4. The minimum atomic E-state index is -3.93. The van der Waals surface area contributed by atoms with E-state index in [-0.39, 0.29) is 34.3 Å². The van der Waals surface area contributed by atoms with Crippen molar-refractivity contribution < 1.29 is 22.6 Å². The van der Waals surface area contributed by atoms with Crippen LogP contribution < -0.4 is 15.0 Å². The van der Waals surface area contributed by atoms with Gasteiger partial charge in [0.05, 0.1) is 32.1 Å². The summed E-state index contributed by atoms with van der Waals surface area (Å²) in [6, 6.07) is 5.51. The summed E-state index contributed by atoms with van der Waals surface area (Å²) in [7, 11) is 0.734. The Hall–Kier alpha value is -3.64. The van der Waals surface area contributed by atoms with Crippen LogP contribution in [0, 0.1) is 6.92 Å². The first kappa shape index (κ1) is 29.8. The molecule has 1 aromatic carbocycles. The predicted molar refractivity (Wildman–Crippen MR) is 160 cm³/mol. The van der Waals surface area contributed by atoms with Gasteiger partial charge in [-0.3, -0.25) is 4.79 Å². The lowest BCUT2D eigenvalue weighted by atomic mass is 10.00. The molecule has 1 saturated carbocycles.